The van der Waals surface area contributed by atoms with Crippen LogP contribution in [0.25, 0.3) is 33.8 Å². The number of amides is 2. The predicted molar refractivity (Wildman–Crippen MR) is 259 cm³/mol. The highest BCUT2D eigenvalue weighted by molar-refractivity contribution is 6.04. The second-order valence-corrected chi connectivity index (χ2v) is 16.3. The topological polar surface area (TPSA) is 144 Å². The van der Waals surface area contributed by atoms with Crippen LogP contribution in [-0.2, 0) is 12.8 Å². The van der Waals surface area contributed by atoms with Crippen LogP contribution in [0, 0.1) is 27.7 Å². The first-order valence-corrected chi connectivity index (χ1v) is 21.5. The first-order chi connectivity index (χ1) is 32.1. The number of aromatic nitrogens is 8. The molecule has 66 heavy (non-hydrogen) atoms. The van der Waals surface area contributed by atoms with Gasteiger partial charge in [0.2, 0.25) is 0 Å². The zero-order valence-electron chi connectivity index (χ0n) is 37.0. The predicted octanol–water partition coefficient (Wildman–Crippen LogP) is 10.5. The van der Waals surface area contributed by atoms with Crippen molar-refractivity contribution in [1.29, 1.82) is 0 Å². The number of imidazole rings is 2. The highest BCUT2D eigenvalue weighted by atomic mass is 16.2. The summed E-state index contributed by atoms with van der Waals surface area (Å²) in [6.45, 7) is 8.05. The number of benzene rings is 2. The van der Waals surface area contributed by atoms with Gasteiger partial charge >= 0.3 is 0 Å². The molecule has 0 aliphatic heterocycles. The van der Waals surface area contributed by atoms with Crippen LogP contribution in [0.2, 0.25) is 0 Å². The molecule has 0 saturated carbocycles. The second kappa shape index (κ2) is 19.0. The molecule has 8 heterocycles. The van der Waals surface area contributed by atoms with Gasteiger partial charge in [0.25, 0.3) is 11.8 Å². The summed E-state index contributed by atoms with van der Waals surface area (Å²) in [6, 6.07) is 35.3. The van der Waals surface area contributed by atoms with Crippen molar-refractivity contribution in [2.24, 2.45) is 0 Å². The molecule has 10 aromatic rings. The van der Waals surface area contributed by atoms with Crippen LogP contribution in [0.1, 0.15) is 65.5 Å². The van der Waals surface area contributed by atoms with Crippen molar-refractivity contribution in [3.63, 3.8) is 0 Å². The number of carbonyl (C=O) groups is 2. The molecule has 0 aliphatic carbocycles. The Morgan fingerprint density at radius 2 is 0.909 bits per heavy atom. The van der Waals surface area contributed by atoms with Gasteiger partial charge in [-0.2, -0.15) is 0 Å². The molecule has 2 N–H and O–H groups in total. The number of nitrogens with zero attached hydrogens (tertiary/aromatic N) is 8. The van der Waals surface area contributed by atoms with E-state index >= 15 is 0 Å². The average molecular weight is 867 g/mol. The molecule has 10 rings (SSSR count). The molecule has 2 aromatic carbocycles. The van der Waals surface area contributed by atoms with E-state index in [0.29, 0.717) is 35.6 Å². The Labute approximate surface area is 382 Å². The summed E-state index contributed by atoms with van der Waals surface area (Å²) < 4.78 is 4.04. The van der Waals surface area contributed by atoms with Crippen molar-refractivity contribution < 1.29 is 9.59 Å². The van der Waals surface area contributed by atoms with E-state index in [4.69, 9.17) is 9.97 Å². The lowest BCUT2D eigenvalue weighted by Gasteiger charge is -2.11. The average Bonchev–Trinajstić information content (AvgIpc) is 3.98. The number of nitrogens with one attached hydrogen (secondary N) is 2. The van der Waals surface area contributed by atoms with Gasteiger partial charge in [0.15, 0.2) is 0 Å². The molecule has 0 fully saturated rings. The summed E-state index contributed by atoms with van der Waals surface area (Å²) in [4.78, 5) is 52.6. The van der Waals surface area contributed by atoms with Crippen LogP contribution in [0.5, 0.6) is 0 Å². The number of rotatable bonds is 10. The quantitative estimate of drug-likeness (QED) is 0.138. The van der Waals surface area contributed by atoms with Crippen LogP contribution in [0.15, 0.2) is 171 Å². The Morgan fingerprint density at radius 1 is 0.515 bits per heavy atom. The van der Waals surface area contributed by atoms with E-state index in [1.54, 1.807) is 37.2 Å². The Kier molecular flexibility index (Phi) is 12.3. The van der Waals surface area contributed by atoms with E-state index < -0.39 is 0 Å². The lowest BCUT2D eigenvalue weighted by Crippen LogP contribution is -2.16. The minimum atomic E-state index is -0.227. The fourth-order valence-electron chi connectivity index (χ4n) is 7.79. The van der Waals surface area contributed by atoms with Crippen molar-refractivity contribution in [2.45, 2.75) is 40.5 Å². The maximum atomic E-state index is 13.0. The van der Waals surface area contributed by atoms with E-state index in [1.807, 2.05) is 170 Å². The summed E-state index contributed by atoms with van der Waals surface area (Å²) in [5.74, 6) is -0.453. The van der Waals surface area contributed by atoms with E-state index in [2.05, 4.69) is 30.6 Å². The van der Waals surface area contributed by atoms with E-state index in [0.717, 1.165) is 78.3 Å². The first kappa shape index (κ1) is 42.7. The lowest BCUT2D eigenvalue weighted by atomic mass is 10.0. The Bertz CT molecular complexity index is 3100. The zero-order valence-corrected chi connectivity index (χ0v) is 37.0. The summed E-state index contributed by atoms with van der Waals surface area (Å²) >= 11 is 0. The number of aryl methyl sites for hydroxylation is 4. The van der Waals surface area contributed by atoms with Crippen molar-refractivity contribution in [3.8, 4) is 22.5 Å². The third kappa shape index (κ3) is 9.78. The van der Waals surface area contributed by atoms with Crippen LogP contribution in [-0.4, -0.2) is 50.5 Å². The zero-order chi connectivity index (χ0) is 45.6. The number of hydrogen-bond acceptors (Lipinski definition) is 8. The number of carbonyl (C=O) groups excluding carboxylic acids is 2. The summed E-state index contributed by atoms with van der Waals surface area (Å²) in [5.41, 5.74) is 16.1. The maximum Gasteiger partial charge on any atom is 0.274 e. The first-order valence-electron chi connectivity index (χ1n) is 21.5. The minimum Gasteiger partial charge on any atom is -0.321 e. The SMILES string of the molecule is Cc1cnc(C(=O)Nc2ccc(-c3cn4cccc(C)c4n3)cc2)c(Cc2ccncc2)c1.Cc1cnc(C(=O)Nc2ccc(-c3cn4cccc(C)c4n3)cc2)c(Cc2ccncc2)c1. The maximum absolute atomic E-state index is 13.0. The molecular formula is C54H46N10O2. The fourth-order valence-corrected chi connectivity index (χ4v) is 7.79. The third-order valence-electron chi connectivity index (χ3n) is 11.2. The van der Waals surface area contributed by atoms with Gasteiger partial charge in [0.1, 0.15) is 22.7 Å². The monoisotopic (exact) mass is 866 g/mol. The normalized spacial score (nSPS) is 11.0. The smallest absolute Gasteiger partial charge is 0.274 e. The van der Waals surface area contributed by atoms with Crippen LogP contribution >= 0.6 is 0 Å². The molecule has 0 bridgehead atoms. The van der Waals surface area contributed by atoms with Crippen molar-refractivity contribution in [3.05, 3.63) is 227 Å². The molecule has 0 saturated heterocycles. The van der Waals surface area contributed by atoms with Gasteiger partial charge in [-0.05, 0) is 146 Å². The van der Waals surface area contributed by atoms with Crippen molar-refractivity contribution >= 4 is 34.5 Å². The van der Waals surface area contributed by atoms with Gasteiger partial charge in [-0.25, -0.2) is 9.97 Å². The largest absolute Gasteiger partial charge is 0.321 e. The Balaban J connectivity index is 0.000000166. The van der Waals surface area contributed by atoms with Gasteiger partial charge in [-0.3, -0.25) is 29.5 Å². The van der Waals surface area contributed by atoms with Crippen molar-refractivity contribution in [1.82, 2.24) is 38.7 Å². The summed E-state index contributed by atoms with van der Waals surface area (Å²) in [6.07, 6.45) is 19.7. The van der Waals surface area contributed by atoms with E-state index in [9.17, 15) is 9.59 Å². The number of fused-ring (bicyclic) bond motifs is 2. The second-order valence-electron chi connectivity index (χ2n) is 16.3. The molecular weight excluding hydrogens is 821 g/mol. The molecule has 2 amide bonds. The highest BCUT2D eigenvalue weighted by Gasteiger charge is 2.17. The van der Waals surface area contributed by atoms with Crippen LogP contribution in [0.4, 0.5) is 11.4 Å². The molecule has 0 radical (unpaired) electrons. The number of hydrogen-bond donors (Lipinski definition) is 2. The lowest BCUT2D eigenvalue weighted by molar-refractivity contribution is 0.101. The summed E-state index contributed by atoms with van der Waals surface area (Å²) in [5, 5.41) is 5.96. The molecule has 0 atom stereocenters. The molecule has 12 heteroatoms. The molecule has 324 valence electrons. The molecule has 0 aliphatic rings. The van der Waals surface area contributed by atoms with Gasteiger partial charge in [0, 0.05) is 84.5 Å². The fraction of sp³-hybridized carbons (Fsp3) is 0.111. The van der Waals surface area contributed by atoms with Crippen LogP contribution < -0.4 is 10.6 Å². The van der Waals surface area contributed by atoms with E-state index in [-0.39, 0.29) is 11.8 Å². The van der Waals surface area contributed by atoms with Crippen molar-refractivity contribution in [2.75, 3.05) is 10.6 Å². The van der Waals surface area contributed by atoms with Gasteiger partial charge < -0.3 is 19.4 Å². The van der Waals surface area contributed by atoms with E-state index in [1.165, 1.54) is 0 Å². The van der Waals surface area contributed by atoms with Gasteiger partial charge in [-0.1, -0.05) is 48.5 Å². The summed E-state index contributed by atoms with van der Waals surface area (Å²) in [7, 11) is 0. The van der Waals surface area contributed by atoms with Crippen LogP contribution in [0.3, 0.4) is 0 Å². The molecule has 8 aromatic heterocycles. The number of anilines is 2. The highest BCUT2D eigenvalue weighted by Crippen LogP contribution is 2.25. The minimum absolute atomic E-state index is 0.227. The number of pyridine rings is 6. The Hall–Kier alpha value is -8.64. The Morgan fingerprint density at radius 3 is 1.29 bits per heavy atom. The third-order valence-corrected chi connectivity index (χ3v) is 11.2. The van der Waals surface area contributed by atoms with Gasteiger partial charge in [-0.15, -0.1) is 0 Å². The molecule has 0 unspecified atom stereocenters. The standard InChI is InChI=1S/2C27H23N5O/c2*1-18-14-22(15-20-9-11-28-12-10-20)25(29-16-18)27(33)30-23-7-5-21(6-8-23)24-17-32-13-3-4-19(2)26(32)31-24/h2*3-14,16-17H,15H2,1-2H3,(H,30,33). The molecule has 12 nitrogen and oxygen atoms in total. The van der Waals surface area contributed by atoms with Gasteiger partial charge in [0.05, 0.1) is 11.4 Å². The molecule has 0 spiro atoms.